The Balaban J connectivity index is 1.81. The van der Waals surface area contributed by atoms with Crippen LogP contribution in [0.15, 0.2) is 60.7 Å². The van der Waals surface area contributed by atoms with Crippen LogP contribution in [0.2, 0.25) is 0 Å². The Morgan fingerprint density at radius 2 is 1.65 bits per heavy atom. The number of rotatable bonds is 3. The zero-order valence-electron chi connectivity index (χ0n) is 10.7. The molecular weight excluding hydrogens is 253 g/mol. The Morgan fingerprint density at radius 1 is 0.950 bits per heavy atom. The maximum absolute atomic E-state index is 9.07. The van der Waals surface area contributed by atoms with E-state index in [1.807, 2.05) is 48.5 Å². The summed E-state index contributed by atoms with van der Waals surface area (Å²) in [6.45, 7) is 0. The van der Waals surface area contributed by atoms with Gasteiger partial charge in [0.05, 0.1) is 5.70 Å². The van der Waals surface area contributed by atoms with Crippen LogP contribution in [0.3, 0.4) is 0 Å². The smallest absolute Gasteiger partial charge is 0.423 e. The van der Waals surface area contributed by atoms with Gasteiger partial charge in [-0.3, -0.25) is 10.3 Å². The Labute approximate surface area is 117 Å². The van der Waals surface area contributed by atoms with Crippen LogP contribution in [0.25, 0.3) is 5.70 Å². The summed E-state index contributed by atoms with van der Waals surface area (Å²) >= 11 is 0. The molecule has 1 heterocycles. The summed E-state index contributed by atoms with van der Waals surface area (Å²) < 4.78 is 0. The van der Waals surface area contributed by atoms with E-state index in [4.69, 9.17) is 14.9 Å². The molecule has 0 aromatic heterocycles. The molecule has 2 aromatic rings. The topological polar surface area (TPSA) is 61.7 Å². The van der Waals surface area contributed by atoms with Crippen molar-refractivity contribution in [1.82, 2.24) is 5.48 Å². The highest BCUT2D eigenvalue weighted by atomic mass is 16.7. The fourth-order valence-electron chi connectivity index (χ4n) is 2.14. The summed E-state index contributed by atoms with van der Waals surface area (Å²) in [5, 5.41) is 18.1. The van der Waals surface area contributed by atoms with E-state index in [1.54, 1.807) is 12.1 Å². The largest absolute Gasteiger partial charge is 0.488 e. The molecule has 0 radical (unpaired) electrons. The monoisotopic (exact) mass is 267 g/mol. The van der Waals surface area contributed by atoms with Crippen molar-refractivity contribution in [3.05, 3.63) is 71.8 Å². The molecule has 5 heteroatoms. The SMILES string of the molecule is OB(O)c1ccc(C2=CC(c3ccccc3)ON2)cc1. The Kier molecular flexibility index (Phi) is 3.56. The van der Waals surface area contributed by atoms with Crippen molar-refractivity contribution in [2.75, 3.05) is 0 Å². The minimum absolute atomic E-state index is 0.116. The first-order valence-electron chi connectivity index (χ1n) is 6.39. The average Bonchev–Trinajstić information content (AvgIpc) is 2.98. The fourth-order valence-corrected chi connectivity index (χ4v) is 2.14. The average molecular weight is 267 g/mol. The van der Waals surface area contributed by atoms with E-state index in [-0.39, 0.29) is 6.10 Å². The number of hydrogen-bond donors (Lipinski definition) is 3. The fraction of sp³-hybridized carbons (Fsp3) is 0.0667. The highest BCUT2D eigenvalue weighted by Crippen LogP contribution is 2.27. The van der Waals surface area contributed by atoms with Crippen molar-refractivity contribution in [2.24, 2.45) is 0 Å². The Bertz CT molecular complexity index is 611. The van der Waals surface area contributed by atoms with Crippen LogP contribution in [0.5, 0.6) is 0 Å². The number of nitrogens with one attached hydrogen (secondary N) is 1. The van der Waals surface area contributed by atoms with Crippen LogP contribution in [0.4, 0.5) is 0 Å². The van der Waals surface area contributed by atoms with Gasteiger partial charge in [-0.1, -0.05) is 54.6 Å². The molecule has 20 heavy (non-hydrogen) atoms. The third-order valence-electron chi connectivity index (χ3n) is 3.26. The third kappa shape index (κ3) is 2.60. The minimum Gasteiger partial charge on any atom is -0.423 e. The molecule has 0 aliphatic carbocycles. The van der Waals surface area contributed by atoms with Gasteiger partial charge in [0.2, 0.25) is 0 Å². The van der Waals surface area contributed by atoms with Gasteiger partial charge in [0, 0.05) is 0 Å². The Hall–Kier alpha value is -2.08. The molecule has 1 aliphatic rings. The second kappa shape index (κ2) is 5.50. The van der Waals surface area contributed by atoms with Crippen LogP contribution in [0.1, 0.15) is 17.2 Å². The first-order valence-corrected chi connectivity index (χ1v) is 6.39. The molecule has 1 atom stereocenters. The predicted octanol–water partition coefficient (Wildman–Crippen LogP) is 0.983. The second-order valence-corrected chi connectivity index (χ2v) is 4.63. The molecule has 0 bridgehead atoms. The summed E-state index contributed by atoms with van der Waals surface area (Å²) in [5.74, 6) is 0. The van der Waals surface area contributed by atoms with Gasteiger partial charge in [0.1, 0.15) is 6.10 Å². The van der Waals surface area contributed by atoms with Gasteiger partial charge in [0.15, 0.2) is 0 Å². The second-order valence-electron chi connectivity index (χ2n) is 4.63. The lowest BCUT2D eigenvalue weighted by molar-refractivity contribution is 0.0511. The zero-order chi connectivity index (χ0) is 13.9. The van der Waals surface area contributed by atoms with Crippen molar-refractivity contribution in [3.63, 3.8) is 0 Å². The van der Waals surface area contributed by atoms with Gasteiger partial charge < -0.3 is 10.0 Å². The van der Waals surface area contributed by atoms with E-state index in [1.165, 1.54) is 0 Å². The molecule has 4 nitrogen and oxygen atoms in total. The summed E-state index contributed by atoms with van der Waals surface area (Å²) in [6.07, 6.45) is 1.88. The molecule has 0 fully saturated rings. The molecule has 2 aromatic carbocycles. The lowest BCUT2D eigenvalue weighted by Crippen LogP contribution is -2.29. The molecule has 100 valence electrons. The van der Waals surface area contributed by atoms with Gasteiger partial charge >= 0.3 is 7.12 Å². The Morgan fingerprint density at radius 3 is 2.30 bits per heavy atom. The first-order chi connectivity index (χ1) is 9.74. The van der Waals surface area contributed by atoms with Crippen LogP contribution < -0.4 is 10.9 Å². The molecule has 0 amide bonds. The van der Waals surface area contributed by atoms with E-state index in [2.05, 4.69) is 5.48 Å². The van der Waals surface area contributed by atoms with Crippen molar-refractivity contribution in [1.29, 1.82) is 0 Å². The minimum atomic E-state index is -1.44. The summed E-state index contributed by atoms with van der Waals surface area (Å²) in [7, 11) is -1.44. The molecule has 1 unspecified atom stereocenters. The van der Waals surface area contributed by atoms with E-state index in [0.717, 1.165) is 16.8 Å². The van der Waals surface area contributed by atoms with Gasteiger partial charge in [0.25, 0.3) is 0 Å². The van der Waals surface area contributed by atoms with E-state index in [0.29, 0.717) is 5.46 Å². The lowest BCUT2D eigenvalue weighted by atomic mass is 9.80. The van der Waals surface area contributed by atoms with Crippen molar-refractivity contribution < 1.29 is 14.9 Å². The highest BCUT2D eigenvalue weighted by Gasteiger charge is 2.19. The quantitative estimate of drug-likeness (QED) is 0.725. The third-order valence-corrected chi connectivity index (χ3v) is 3.26. The number of benzene rings is 2. The number of hydroxylamine groups is 1. The first kappa shape index (κ1) is 12.9. The van der Waals surface area contributed by atoms with Crippen LogP contribution in [-0.2, 0) is 4.84 Å². The van der Waals surface area contributed by atoms with Gasteiger partial charge in [-0.15, -0.1) is 0 Å². The van der Waals surface area contributed by atoms with Gasteiger partial charge in [-0.05, 0) is 22.7 Å². The van der Waals surface area contributed by atoms with E-state index >= 15 is 0 Å². The standard InChI is InChI=1S/C15H14BNO3/c18-16(19)13-8-6-11(7-9-13)14-10-15(20-17-14)12-4-2-1-3-5-12/h1-10,15,17-19H. The molecule has 3 N–H and O–H groups in total. The predicted molar refractivity (Wildman–Crippen MR) is 77.6 cm³/mol. The zero-order valence-corrected chi connectivity index (χ0v) is 10.7. The van der Waals surface area contributed by atoms with Crippen molar-refractivity contribution >= 4 is 18.3 Å². The molecular formula is C15H14BNO3. The molecule has 0 saturated heterocycles. The van der Waals surface area contributed by atoms with E-state index in [9.17, 15) is 0 Å². The maximum Gasteiger partial charge on any atom is 0.488 e. The lowest BCUT2D eigenvalue weighted by Gasteiger charge is -2.07. The molecule has 1 aliphatic heterocycles. The van der Waals surface area contributed by atoms with Crippen molar-refractivity contribution in [2.45, 2.75) is 6.10 Å². The molecule has 0 spiro atoms. The summed E-state index contributed by atoms with van der Waals surface area (Å²) in [6, 6.07) is 16.9. The van der Waals surface area contributed by atoms with Crippen LogP contribution in [0, 0.1) is 0 Å². The van der Waals surface area contributed by atoms with Crippen LogP contribution >= 0.6 is 0 Å². The van der Waals surface area contributed by atoms with Crippen molar-refractivity contribution in [3.8, 4) is 0 Å². The van der Waals surface area contributed by atoms with Crippen LogP contribution in [-0.4, -0.2) is 17.2 Å². The van der Waals surface area contributed by atoms with Gasteiger partial charge in [-0.25, -0.2) is 0 Å². The number of hydrogen-bond acceptors (Lipinski definition) is 4. The molecule has 0 saturated carbocycles. The summed E-state index contributed by atoms with van der Waals surface area (Å²) in [5.41, 5.74) is 6.26. The molecule has 3 rings (SSSR count). The summed E-state index contributed by atoms with van der Waals surface area (Å²) in [4.78, 5) is 5.54. The van der Waals surface area contributed by atoms with E-state index < -0.39 is 7.12 Å². The van der Waals surface area contributed by atoms with Gasteiger partial charge in [-0.2, -0.15) is 0 Å². The highest BCUT2D eigenvalue weighted by molar-refractivity contribution is 6.58. The normalized spacial score (nSPS) is 17.5. The maximum atomic E-state index is 9.07.